The van der Waals surface area contributed by atoms with Crippen LogP contribution < -0.4 is 16.6 Å². The van der Waals surface area contributed by atoms with Crippen LogP contribution in [0.4, 0.5) is 5.95 Å². The second-order valence-corrected chi connectivity index (χ2v) is 5.92. The van der Waals surface area contributed by atoms with Gasteiger partial charge >= 0.3 is 5.69 Å². The van der Waals surface area contributed by atoms with Gasteiger partial charge in [0.15, 0.2) is 5.65 Å². The minimum Gasteiger partial charge on any atom is -0.351 e. The van der Waals surface area contributed by atoms with Crippen molar-refractivity contribution in [3.05, 3.63) is 27.0 Å². The molecule has 0 aromatic carbocycles. The van der Waals surface area contributed by atoms with Gasteiger partial charge in [-0.05, 0) is 25.7 Å². The van der Waals surface area contributed by atoms with Crippen LogP contribution in [0.15, 0.2) is 15.8 Å². The summed E-state index contributed by atoms with van der Waals surface area (Å²) in [5.74, 6) is 0.471. The second-order valence-electron chi connectivity index (χ2n) is 5.92. The summed E-state index contributed by atoms with van der Waals surface area (Å²) >= 11 is 0. The van der Waals surface area contributed by atoms with Crippen molar-refractivity contribution in [2.45, 2.75) is 50.6 Å². The maximum Gasteiger partial charge on any atom is 0.330 e. The van der Waals surface area contributed by atoms with Crippen molar-refractivity contribution >= 4 is 17.0 Å². The Labute approximate surface area is 120 Å². The van der Waals surface area contributed by atoms with Crippen molar-refractivity contribution in [3.8, 4) is 0 Å². The van der Waals surface area contributed by atoms with E-state index in [9.17, 15) is 9.59 Å². The summed E-state index contributed by atoms with van der Waals surface area (Å²) in [4.78, 5) is 35.9. The molecule has 2 heterocycles. The first kappa shape index (κ1) is 12.6. The van der Waals surface area contributed by atoms with Gasteiger partial charge in [-0.3, -0.25) is 14.3 Å². The number of H-pyrrole nitrogens is 1. The lowest BCUT2D eigenvalue weighted by atomic mass is 10.2. The molecule has 0 saturated heterocycles. The summed E-state index contributed by atoms with van der Waals surface area (Å²) < 4.78 is 1.34. The van der Waals surface area contributed by atoms with Gasteiger partial charge in [0, 0.05) is 18.3 Å². The van der Waals surface area contributed by atoms with Crippen molar-refractivity contribution in [2.24, 2.45) is 0 Å². The molecule has 21 heavy (non-hydrogen) atoms. The van der Waals surface area contributed by atoms with Crippen LogP contribution in [0.2, 0.25) is 0 Å². The predicted molar refractivity (Wildman–Crippen MR) is 78.6 cm³/mol. The number of fused-ring (bicyclic) bond motifs is 1. The predicted octanol–water partition coefficient (Wildman–Crippen LogP) is 1.17. The van der Waals surface area contributed by atoms with Crippen molar-refractivity contribution in [3.63, 3.8) is 0 Å². The van der Waals surface area contributed by atoms with E-state index in [-0.39, 0.29) is 17.3 Å². The number of rotatable bonds is 3. The van der Waals surface area contributed by atoms with Crippen LogP contribution in [-0.4, -0.2) is 25.6 Å². The van der Waals surface area contributed by atoms with E-state index in [2.05, 4.69) is 20.3 Å². The molecule has 2 saturated carbocycles. The zero-order chi connectivity index (χ0) is 14.4. The molecular weight excluding hydrogens is 270 g/mol. The summed E-state index contributed by atoms with van der Waals surface area (Å²) in [7, 11) is 0. The minimum absolute atomic E-state index is 0.00918. The van der Waals surface area contributed by atoms with E-state index in [1.54, 1.807) is 0 Å². The number of aromatic amines is 1. The molecule has 0 bridgehead atoms. The number of nitrogens with one attached hydrogen (secondary N) is 2. The van der Waals surface area contributed by atoms with E-state index < -0.39 is 0 Å². The van der Waals surface area contributed by atoms with Crippen LogP contribution in [0.25, 0.3) is 11.0 Å². The van der Waals surface area contributed by atoms with Crippen LogP contribution in [0.5, 0.6) is 0 Å². The van der Waals surface area contributed by atoms with Crippen molar-refractivity contribution in [2.75, 3.05) is 5.32 Å². The molecule has 4 rings (SSSR count). The maximum atomic E-state index is 12.5. The van der Waals surface area contributed by atoms with Gasteiger partial charge < -0.3 is 5.32 Å². The SMILES string of the molecule is O=c1[nH]c2nc(NC3CC3)ncc2c(=O)n1C1CCCC1. The average Bonchev–Trinajstić information content (AvgIpc) is 3.11. The monoisotopic (exact) mass is 287 g/mol. The molecule has 2 aromatic heterocycles. The third kappa shape index (κ3) is 2.22. The Morgan fingerprint density at radius 2 is 1.95 bits per heavy atom. The first-order valence-corrected chi connectivity index (χ1v) is 7.50. The Morgan fingerprint density at radius 3 is 2.67 bits per heavy atom. The lowest BCUT2D eigenvalue weighted by molar-refractivity contribution is 0.483. The second kappa shape index (κ2) is 4.68. The molecule has 110 valence electrons. The number of nitrogens with zero attached hydrogens (tertiary/aromatic N) is 3. The topological polar surface area (TPSA) is 92.7 Å². The van der Waals surface area contributed by atoms with E-state index in [0.29, 0.717) is 23.0 Å². The van der Waals surface area contributed by atoms with Gasteiger partial charge in [0.2, 0.25) is 5.95 Å². The molecule has 7 heteroatoms. The highest BCUT2D eigenvalue weighted by Crippen LogP contribution is 2.27. The minimum atomic E-state index is -0.365. The first-order valence-electron chi connectivity index (χ1n) is 7.50. The van der Waals surface area contributed by atoms with E-state index in [4.69, 9.17) is 0 Å². The van der Waals surface area contributed by atoms with E-state index >= 15 is 0 Å². The van der Waals surface area contributed by atoms with Crippen molar-refractivity contribution < 1.29 is 0 Å². The fourth-order valence-corrected chi connectivity index (χ4v) is 2.99. The first-order chi connectivity index (χ1) is 10.2. The summed E-state index contributed by atoms with van der Waals surface area (Å²) in [6.45, 7) is 0. The van der Waals surface area contributed by atoms with Crippen LogP contribution in [0.3, 0.4) is 0 Å². The number of aromatic nitrogens is 4. The molecule has 0 aliphatic heterocycles. The molecule has 2 fully saturated rings. The summed E-state index contributed by atoms with van der Waals surface area (Å²) in [6, 6.07) is 0.433. The smallest absolute Gasteiger partial charge is 0.330 e. The Bertz CT molecular complexity index is 799. The van der Waals surface area contributed by atoms with E-state index in [1.165, 1.54) is 10.8 Å². The van der Waals surface area contributed by atoms with Crippen molar-refractivity contribution in [1.29, 1.82) is 0 Å². The molecule has 0 radical (unpaired) electrons. The van der Waals surface area contributed by atoms with Gasteiger partial charge in [-0.2, -0.15) is 4.98 Å². The van der Waals surface area contributed by atoms with Gasteiger partial charge in [-0.15, -0.1) is 0 Å². The van der Waals surface area contributed by atoms with Crippen LogP contribution in [0.1, 0.15) is 44.6 Å². The zero-order valence-corrected chi connectivity index (χ0v) is 11.6. The molecule has 2 aliphatic rings. The molecule has 0 amide bonds. The largest absolute Gasteiger partial charge is 0.351 e. The summed E-state index contributed by atoms with van der Waals surface area (Å²) in [5, 5.41) is 3.54. The number of hydrogen-bond donors (Lipinski definition) is 2. The Hall–Kier alpha value is -2.18. The van der Waals surface area contributed by atoms with Gasteiger partial charge in [0.25, 0.3) is 5.56 Å². The molecular formula is C14H17N5O2. The van der Waals surface area contributed by atoms with Crippen LogP contribution >= 0.6 is 0 Å². The summed E-state index contributed by atoms with van der Waals surface area (Å²) in [5.41, 5.74) is -0.327. The molecule has 0 spiro atoms. The normalized spacial score (nSPS) is 19.2. The molecule has 2 N–H and O–H groups in total. The third-order valence-electron chi connectivity index (χ3n) is 4.28. The maximum absolute atomic E-state index is 12.5. The highest BCUT2D eigenvalue weighted by molar-refractivity contribution is 5.73. The van der Waals surface area contributed by atoms with Crippen LogP contribution in [0, 0.1) is 0 Å². The molecule has 2 aromatic rings. The fourth-order valence-electron chi connectivity index (χ4n) is 2.99. The third-order valence-corrected chi connectivity index (χ3v) is 4.28. The Kier molecular flexibility index (Phi) is 2.80. The van der Waals surface area contributed by atoms with Gasteiger partial charge in [-0.1, -0.05) is 12.8 Å². The standard InChI is InChI=1S/C14H17N5O2/c20-12-10-7-15-13(16-8-5-6-8)17-11(10)18-14(21)19(12)9-3-1-2-4-9/h7-9H,1-6H2,(H2,15,16,17,18,21). The highest BCUT2D eigenvalue weighted by atomic mass is 16.2. The number of hydrogen-bond acceptors (Lipinski definition) is 5. The Morgan fingerprint density at radius 1 is 1.19 bits per heavy atom. The summed E-state index contributed by atoms with van der Waals surface area (Å²) in [6.07, 6.45) is 7.64. The lowest BCUT2D eigenvalue weighted by Crippen LogP contribution is -2.37. The van der Waals surface area contributed by atoms with Crippen LogP contribution in [-0.2, 0) is 0 Å². The number of anilines is 1. The fraction of sp³-hybridized carbons (Fsp3) is 0.571. The molecule has 0 atom stereocenters. The zero-order valence-electron chi connectivity index (χ0n) is 11.6. The molecule has 0 unspecified atom stereocenters. The lowest BCUT2D eigenvalue weighted by Gasteiger charge is -2.12. The van der Waals surface area contributed by atoms with Gasteiger partial charge in [-0.25, -0.2) is 9.78 Å². The van der Waals surface area contributed by atoms with Gasteiger partial charge in [0.05, 0.1) is 0 Å². The average molecular weight is 287 g/mol. The molecule has 2 aliphatic carbocycles. The van der Waals surface area contributed by atoms with E-state index in [1.807, 2.05) is 0 Å². The Balaban J connectivity index is 1.82. The molecule has 7 nitrogen and oxygen atoms in total. The van der Waals surface area contributed by atoms with Crippen molar-refractivity contribution in [1.82, 2.24) is 19.5 Å². The highest BCUT2D eigenvalue weighted by Gasteiger charge is 2.24. The quantitative estimate of drug-likeness (QED) is 0.884. The van der Waals surface area contributed by atoms with E-state index in [0.717, 1.165) is 38.5 Å². The van der Waals surface area contributed by atoms with Gasteiger partial charge in [0.1, 0.15) is 5.39 Å².